The number of hydrogen-bond donors (Lipinski definition) is 1. The van der Waals surface area contributed by atoms with Gasteiger partial charge in [-0.3, -0.25) is 10.1 Å². The number of benzene rings is 2. The van der Waals surface area contributed by atoms with E-state index in [0.717, 1.165) is 19.5 Å². The predicted octanol–water partition coefficient (Wildman–Crippen LogP) is 3.94. The molecule has 100 valence electrons. The Kier molecular flexibility index (Phi) is 3.29. The molecule has 0 amide bonds. The van der Waals surface area contributed by atoms with Crippen molar-refractivity contribution in [2.45, 2.75) is 9.24 Å². The molecule has 0 saturated heterocycles. The fraction of sp³-hybridized carbons (Fsp3) is 0. The van der Waals surface area contributed by atoms with Crippen molar-refractivity contribution in [3.05, 3.63) is 52.6 Å². The lowest BCUT2D eigenvalue weighted by atomic mass is 10.3. The second-order valence-corrected chi connectivity index (χ2v) is 6.38. The lowest BCUT2D eigenvalue weighted by Gasteiger charge is -2.00. The summed E-state index contributed by atoms with van der Waals surface area (Å²) in [4.78, 5) is 15.6. The number of nitro benzene ring substituents is 1. The molecule has 0 aliphatic carbocycles. The van der Waals surface area contributed by atoms with Crippen LogP contribution in [0.15, 0.2) is 51.7 Å². The van der Waals surface area contributed by atoms with Crippen LogP contribution in [0.2, 0.25) is 0 Å². The summed E-state index contributed by atoms with van der Waals surface area (Å²) in [5.74, 6) is 0. The molecule has 5 nitrogen and oxygen atoms in total. The van der Waals surface area contributed by atoms with Crippen molar-refractivity contribution in [2.24, 2.45) is 0 Å². The standard InChI is InChI=1S/C13H9N3O2S2/c14-9-7-8(5-6-11(9)16(17)18)19-13-15-10-3-1-2-4-12(10)20-13/h1-7H,14H2. The Morgan fingerprint density at radius 1 is 1.25 bits per heavy atom. The minimum Gasteiger partial charge on any atom is -0.393 e. The lowest BCUT2D eigenvalue weighted by molar-refractivity contribution is -0.383. The van der Waals surface area contributed by atoms with Gasteiger partial charge >= 0.3 is 0 Å². The topological polar surface area (TPSA) is 82.0 Å². The Bertz CT molecular complexity index is 768. The number of hydrogen-bond acceptors (Lipinski definition) is 6. The zero-order chi connectivity index (χ0) is 14.1. The number of aromatic nitrogens is 1. The van der Waals surface area contributed by atoms with Gasteiger partial charge in [0.15, 0.2) is 4.34 Å². The van der Waals surface area contributed by atoms with E-state index in [2.05, 4.69) is 4.98 Å². The third kappa shape index (κ3) is 2.45. The van der Waals surface area contributed by atoms with Crippen molar-refractivity contribution in [2.75, 3.05) is 5.73 Å². The van der Waals surface area contributed by atoms with Crippen molar-refractivity contribution in [3.63, 3.8) is 0 Å². The summed E-state index contributed by atoms with van der Waals surface area (Å²) in [7, 11) is 0. The van der Waals surface area contributed by atoms with Crippen LogP contribution in [0.1, 0.15) is 0 Å². The molecule has 0 fully saturated rings. The molecular formula is C13H9N3O2S2. The van der Waals surface area contributed by atoms with Crippen LogP contribution in [0.5, 0.6) is 0 Å². The van der Waals surface area contributed by atoms with E-state index in [1.54, 1.807) is 23.5 Å². The Hall–Kier alpha value is -2.12. The van der Waals surface area contributed by atoms with E-state index in [1.807, 2.05) is 24.3 Å². The molecule has 3 aromatic rings. The maximum Gasteiger partial charge on any atom is 0.292 e. The third-order valence-electron chi connectivity index (χ3n) is 2.68. The first kappa shape index (κ1) is 12.9. The third-order valence-corrected chi connectivity index (χ3v) is 4.76. The van der Waals surface area contributed by atoms with E-state index < -0.39 is 4.92 Å². The number of thiazole rings is 1. The zero-order valence-electron chi connectivity index (χ0n) is 10.1. The summed E-state index contributed by atoms with van der Waals surface area (Å²) in [6.07, 6.45) is 0. The van der Waals surface area contributed by atoms with Gasteiger partial charge in [0.05, 0.1) is 15.1 Å². The fourth-order valence-electron chi connectivity index (χ4n) is 1.76. The molecule has 0 radical (unpaired) electrons. The number of rotatable bonds is 3. The number of fused-ring (bicyclic) bond motifs is 1. The molecule has 1 aromatic heterocycles. The Morgan fingerprint density at radius 2 is 2.05 bits per heavy atom. The number of nitrogens with two attached hydrogens (primary N) is 1. The van der Waals surface area contributed by atoms with Gasteiger partial charge in [-0.05, 0) is 24.3 Å². The van der Waals surface area contributed by atoms with Gasteiger partial charge in [0, 0.05) is 11.0 Å². The summed E-state index contributed by atoms with van der Waals surface area (Å²) >= 11 is 3.04. The predicted molar refractivity (Wildman–Crippen MR) is 81.3 cm³/mol. The normalized spacial score (nSPS) is 10.8. The highest BCUT2D eigenvalue weighted by atomic mass is 32.2. The monoisotopic (exact) mass is 303 g/mol. The van der Waals surface area contributed by atoms with Gasteiger partial charge in [-0.15, -0.1) is 11.3 Å². The van der Waals surface area contributed by atoms with Crippen molar-refractivity contribution in [1.29, 1.82) is 0 Å². The minimum atomic E-state index is -0.485. The highest BCUT2D eigenvalue weighted by Crippen LogP contribution is 2.36. The van der Waals surface area contributed by atoms with E-state index in [0.29, 0.717) is 0 Å². The van der Waals surface area contributed by atoms with Gasteiger partial charge in [0.25, 0.3) is 5.69 Å². The average molecular weight is 303 g/mol. The first-order valence-corrected chi connectivity index (χ1v) is 7.34. The molecule has 7 heteroatoms. The Balaban J connectivity index is 1.90. The molecular weight excluding hydrogens is 294 g/mol. The van der Waals surface area contributed by atoms with Gasteiger partial charge in [-0.1, -0.05) is 23.9 Å². The molecule has 2 N–H and O–H groups in total. The summed E-state index contributed by atoms with van der Waals surface area (Å²) < 4.78 is 2.00. The van der Waals surface area contributed by atoms with Gasteiger partial charge in [0.1, 0.15) is 5.69 Å². The molecule has 0 aliphatic rings. The van der Waals surface area contributed by atoms with Crippen molar-refractivity contribution >= 4 is 44.7 Å². The van der Waals surface area contributed by atoms with E-state index in [1.165, 1.54) is 17.8 Å². The molecule has 2 aromatic carbocycles. The van der Waals surface area contributed by atoms with Crippen molar-refractivity contribution < 1.29 is 4.92 Å². The molecule has 0 aliphatic heterocycles. The summed E-state index contributed by atoms with van der Waals surface area (Å²) in [5, 5.41) is 10.7. The van der Waals surface area contributed by atoms with Crippen LogP contribution < -0.4 is 5.73 Å². The maximum atomic E-state index is 10.7. The van der Waals surface area contributed by atoms with Crippen LogP contribution in [0.25, 0.3) is 10.2 Å². The number of nitrogens with zero attached hydrogens (tertiary/aromatic N) is 2. The second kappa shape index (κ2) is 5.10. The smallest absolute Gasteiger partial charge is 0.292 e. The quantitative estimate of drug-likeness (QED) is 0.450. The van der Waals surface area contributed by atoms with Crippen molar-refractivity contribution in [3.8, 4) is 0 Å². The van der Waals surface area contributed by atoms with Crippen LogP contribution in [0.3, 0.4) is 0 Å². The zero-order valence-corrected chi connectivity index (χ0v) is 11.8. The number of para-hydroxylation sites is 1. The average Bonchev–Trinajstić information content (AvgIpc) is 2.80. The molecule has 0 spiro atoms. The van der Waals surface area contributed by atoms with Crippen LogP contribution in [-0.4, -0.2) is 9.91 Å². The highest BCUT2D eigenvalue weighted by Gasteiger charge is 2.12. The molecule has 3 rings (SSSR count). The maximum absolute atomic E-state index is 10.7. The van der Waals surface area contributed by atoms with Crippen molar-refractivity contribution in [1.82, 2.24) is 4.98 Å². The fourth-order valence-corrected chi connectivity index (χ4v) is 3.85. The number of nitrogen functional groups attached to an aromatic ring is 1. The van der Waals surface area contributed by atoms with Crippen LogP contribution in [-0.2, 0) is 0 Å². The van der Waals surface area contributed by atoms with E-state index in [4.69, 9.17) is 5.73 Å². The Morgan fingerprint density at radius 3 is 2.75 bits per heavy atom. The molecule has 0 saturated carbocycles. The van der Waals surface area contributed by atoms with Gasteiger partial charge < -0.3 is 5.73 Å². The summed E-state index contributed by atoms with van der Waals surface area (Å²) in [5.41, 5.74) is 6.73. The van der Waals surface area contributed by atoms with E-state index in [9.17, 15) is 10.1 Å². The van der Waals surface area contributed by atoms with Gasteiger partial charge in [-0.25, -0.2) is 4.98 Å². The van der Waals surface area contributed by atoms with Gasteiger partial charge in [0.2, 0.25) is 0 Å². The second-order valence-electron chi connectivity index (χ2n) is 4.03. The number of nitro groups is 1. The van der Waals surface area contributed by atoms with E-state index in [-0.39, 0.29) is 11.4 Å². The molecule has 0 bridgehead atoms. The molecule has 0 unspecified atom stereocenters. The molecule has 0 atom stereocenters. The number of anilines is 1. The van der Waals surface area contributed by atoms with Crippen LogP contribution >= 0.6 is 23.1 Å². The summed E-state index contributed by atoms with van der Waals surface area (Å²) in [6.45, 7) is 0. The SMILES string of the molecule is Nc1cc(Sc2nc3ccccc3s2)ccc1[N+](=O)[O-]. The van der Waals surface area contributed by atoms with Crippen LogP contribution in [0.4, 0.5) is 11.4 Å². The summed E-state index contributed by atoms with van der Waals surface area (Å²) in [6, 6.07) is 12.6. The highest BCUT2D eigenvalue weighted by molar-refractivity contribution is 8.01. The van der Waals surface area contributed by atoms with E-state index >= 15 is 0 Å². The first-order chi connectivity index (χ1) is 9.63. The van der Waals surface area contributed by atoms with Gasteiger partial charge in [-0.2, -0.15) is 0 Å². The largest absolute Gasteiger partial charge is 0.393 e. The molecule has 20 heavy (non-hydrogen) atoms. The first-order valence-electron chi connectivity index (χ1n) is 5.71. The minimum absolute atomic E-state index is 0.0707. The van der Waals surface area contributed by atoms with Crippen LogP contribution in [0, 0.1) is 10.1 Å². The lowest BCUT2D eigenvalue weighted by Crippen LogP contribution is -1.95. The Labute approximate surface area is 122 Å². The molecule has 1 heterocycles.